The molecule has 0 radical (unpaired) electrons. The molecule has 1 heterocycles. The lowest BCUT2D eigenvalue weighted by Crippen LogP contribution is -2.35. The van der Waals surface area contributed by atoms with Crippen LogP contribution in [0.2, 0.25) is 0 Å². The maximum Gasteiger partial charge on any atom is 0.236 e. The van der Waals surface area contributed by atoms with Crippen molar-refractivity contribution in [3.63, 3.8) is 0 Å². The van der Waals surface area contributed by atoms with Crippen LogP contribution in [0.15, 0.2) is 59.5 Å². The number of amides is 1. The molecule has 1 amide bonds. The van der Waals surface area contributed by atoms with E-state index < -0.39 is 0 Å². The number of aromatic nitrogens is 1. The molecule has 1 aromatic heterocycles. The van der Waals surface area contributed by atoms with E-state index >= 15 is 0 Å². The highest BCUT2D eigenvalue weighted by Crippen LogP contribution is 2.31. The molecule has 2 atom stereocenters. The van der Waals surface area contributed by atoms with Gasteiger partial charge >= 0.3 is 0 Å². The van der Waals surface area contributed by atoms with Crippen molar-refractivity contribution >= 4 is 39.2 Å². The normalized spacial score (nSPS) is 13.6. The first kappa shape index (κ1) is 17.0. The van der Waals surface area contributed by atoms with Crippen molar-refractivity contribution in [1.82, 2.24) is 9.88 Å². The summed E-state index contributed by atoms with van der Waals surface area (Å²) in [6.07, 6.45) is 0. The zero-order valence-electron chi connectivity index (χ0n) is 14.0. The summed E-state index contributed by atoms with van der Waals surface area (Å²) >= 11 is 3.24. The summed E-state index contributed by atoms with van der Waals surface area (Å²) in [6.45, 7) is 4.00. The number of carbonyl (C=O) groups is 1. The third-order valence-corrected chi connectivity index (χ3v) is 6.31. The maximum atomic E-state index is 12.8. The Hall–Kier alpha value is -1.85. The third kappa shape index (κ3) is 3.62. The molecule has 0 spiro atoms. The van der Waals surface area contributed by atoms with Gasteiger partial charge < -0.3 is 4.90 Å². The molecule has 0 N–H and O–H groups in total. The lowest BCUT2D eigenvalue weighted by molar-refractivity contribution is -0.130. The summed E-state index contributed by atoms with van der Waals surface area (Å²) in [4.78, 5) is 20.4. The molecule has 0 aliphatic rings. The molecule has 0 bridgehead atoms. The van der Waals surface area contributed by atoms with Crippen molar-refractivity contribution in [2.45, 2.75) is 30.0 Å². The predicted octanol–water partition coefficient (Wildman–Crippen LogP) is 5.00. The molecule has 2 aromatic carbocycles. The first-order valence-corrected chi connectivity index (χ1v) is 9.59. The minimum Gasteiger partial charge on any atom is -0.336 e. The molecule has 24 heavy (non-hydrogen) atoms. The van der Waals surface area contributed by atoms with E-state index in [1.165, 1.54) is 0 Å². The smallest absolute Gasteiger partial charge is 0.236 e. The van der Waals surface area contributed by atoms with E-state index in [4.69, 9.17) is 0 Å². The van der Waals surface area contributed by atoms with Gasteiger partial charge in [0.1, 0.15) is 5.01 Å². The Labute approximate surface area is 150 Å². The second-order valence-electron chi connectivity index (χ2n) is 5.72. The maximum absolute atomic E-state index is 12.8. The second-order valence-corrected chi connectivity index (χ2v) is 8.19. The van der Waals surface area contributed by atoms with Crippen molar-refractivity contribution in [2.24, 2.45) is 0 Å². The van der Waals surface area contributed by atoms with Gasteiger partial charge in [-0.25, -0.2) is 4.98 Å². The summed E-state index contributed by atoms with van der Waals surface area (Å²) in [6, 6.07) is 18.1. The fraction of sp³-hybridized carbons (Fsp3) is 0.263. The van der Waals surface area contributed by atoms with Gasteiger partial charge in [0, 0.05) is 11.9 Å². The molecule has 0 aliphatic heterocycles. The molecule has 0 fully saturated rings. The summed E-state index contributed by atoms with van der Waals surface area (Å²) < 4.78 is 1.16. The van der Waals surface area contributed by atoms with Gasteiger partial charge in [0.25, 0.3) is 0 Å². The number of rotatable bonds is 5. The predicted molar refractivity (Wildman–Crippen MR) is 103 cm³/mol. The van der Waals surface area contributed by atoms with E-state index in [-0.39, 0.29) is 17.2 Å². The highest BCUT2D eigenvalue weighted by Gasteiger charge is 2.25. The van der Waals surface area contributed by atoms with Crippen molar-refractivity contribution < 1.29 is 4.79 Å². The van der Waals surface area contributed by atoms with Crippen molar-refractivity contribution in [3.05, 3.63) is 59.6 Å². The monoisotopic (exact) mass is 356 g/mol. The number of benzene rings is 2. The Bertz CT molecular complexity index is 799. The fourth-order valence-electron chi connectivity index (χ4n) is 2.47. The SMILES string of the molecule is C[C@H](c1nc2ccccc2s1)N(C)C(=O)[C@@H](C)Sc1ccccc1. The quantitative estimate of drug-likeness (QED) is 0.603. The average molecular weight is 357 g/mol. The van der Waals surface area contributed by atoms with E-state index in [2.05, 4.69) is 11.1 Å². The fourth-order valence-corrected chi connectivity index (χ4v) is 4.52. The van der Waals surface area contributed by atoms with Crippen LogP contribution in [0.3, 0.4) is 0 Å². The summed E-state index contributed by atoms with van der Waals surface area (Å²) in [7, 11) is 1.86. The van der Waals surface area contributed by atoms with Gasteiger partial charge in [-0.1, -0.05) is 30.3 Å². The van der Waals surface area contributed by atoms with Crippen LogP contribution in [0.25, 0.3) is 10.2 Å². The first-order valence-electron chi connectivity index (χ1n) is 7.90. The zero-order chi connectivity index (χ0) is 17.1. The molecule has 0 saturated carbocycles. The molecule has 3 aromatic rings. The zero-order valence-corrected chi connectivity index (χ0v) is 15.6. The number of para-hydroxylation sites is 1. The van der Waals surface area contributed by atoms with Crippen LogP contribution >= 0.6 is 23.1 Å². The average Bonchev–Trinajstić information content (AvgIpc) is 3.04. The largest absolute Gasteiger partial charge is 0.336 e. The molecular weight excluding hydrogens is 336 g/mol. The molecule has 3 rings (SSSR count). The van der Waals surface area contributed by atoms with E-state index in [1.807, 2.05) is 69.4 Å². The van der Waals surface area contributed by atoms with Crippen LogP contribution < -0.4 is 0 Å². The van der Waals surface area contributed by atoms with Crippen molar-refractivity contribution in [2.75, 3.05) is 7.05 Å². The van der Waals surface area contributed by atoms with Crippen molar-refractivity contribution in [3.8, 4) is 0 Å². The topological polar surface area (TPSA) is 33.2 Å². The third-order valence-electron chi connectivity index (χ3n) is 4.00. The Morgan fingerprint density at radius 1 is 1.08 bits per heavy atom. The lowest BCUT2D eigenvalue weighted by Gasteiger charge is -2.26. The molecule has 0 unspecified atom stereocenters. The van der Waals surface area contributed by atoms with Gasteiger partial charge in [-0.2, -0.15) is 0 Å². The molecule has 0 aliphatic carbocycles. The standard InChI is InChI=1S/C19H20N2OS2/c1-13(18-20-16-11-7-8-12-17(16)24-18)21(3)19(22)14(2)23-15-9-5-4-6-10-15/h4-14H,1-3H3/t13-,14-/m1/s1. The van der Waals surface area contributed by atoms with Crippen LogP contribution in [0.1, 0.15) is 24.9 Å². The van der Waals surface area contributed by atoms with Gasteiger partial charge in [-0.15, -0.1) is 23.1 Å². The lowest BCUT2D eigenvalue weighted by atomic mass is 10.3. The molecule has 124 valence electrons. The van der Waals surface area contributed by atoms with Crippen LogP contribution in [0.5, 0.6) is 0 Å². The van der Waals surface area contributed by atoms with Crippen molar-refractivity contribution in [1.29, 1.82) is 0 Å². The van der Waals surface area contributed by atoms with E-state index in [9.17, 15) is 4.79 Å². The second kappa shape index (κ2) is 7.36. The van der Waals surface area contributed by atoms with E-state index in [0.717, 1.165) is 20.1 Å². The van der Waals surface area contributed by atoms with Crippen LogP contribution in [-0.2, 0) is 4.79 Å². The number of hydrogen-bond donors (Lipinski definition) is 0. The van der Waals surface area contributed by atoms with E-state index in [0.29, 0.717) is 0 Å². The highest BCUT2D eigenvalue weighted by molar-refractivity contribution is 8.00. The van der Waals surface area contributed by atoms with Crippen LogP contribution in [0.4, 0.5) is 0 Å². The van der Waals surface area contributed by atoms with Crippen LogP contribution in [0, 0.1) is 0 Å². The number of fused-ring (bicyclic) bond motifs is 1. The summed E-state index contributed by atoms with van der Waals surface area (Å²) in [5.41, 5.74) is 0.997. The molecule has 3 nitrogen and oxygen atoms in total. The van der Waals surface area contributed by atoms with Gasteiger partial charge in [0.2, 0.25) is 5.91 Å². The Morgan fingerprint density at radius 2 is 1.75 bits per heavy atom. The number of hydrogen-bond acceptors (Lipinski definition) is 4. The Kier molecular flexibility index (Phi) is 5.21. The number of nitrogens with zero attached hydrogens (tertiary/aromatic N) is 2. The molecular formula is C19H20N2OS2. The van der Waals surface area contributed by atoms with Gasteiger partial charge in [-0.3, -0.25) is 4.79 Å². The summed E-state index contributed by atoms with van der Waals surface area (Å²) in [5.74, 6) is 0.121. The number of carbonyl (C=O) groups excluding carboxylic acids is 1. The van der Waals surface area contributed by atoms with E-state index in [1.54, 1.807) is 28.0 Å². The minimum absolute atomic E-state index is 0.0336. The Balaban J connectivity index is 1.72. The number of thioether (sulfide) groups is 1. The first-order chi connectivity index (χ1) is 11.6. The van der Waals surface area contributed by atoms with Crippen LogP contribution in [-0.4, -0.2) is 28.1 Å². The van der Waals surface area contributed by atoms with Gasteiger partial charge in [0.05, 0.1) is 21.5 Å². The molecule has 5 heteroatoms. The summed E-state index contributed by atoms with van der Waals surface area (Å²) in [5, 5.41) is 0.846. The minimum atomic E-state index is -0.130. The highest BCUT2D eigenvalue weighted by atomic mass is 32.2. The number of thiazole rings is 1. The van der Waals surface area contributed by atoms with Gasteiger partial charge in [-0.05, 0) is 38.1 Å². The molecule has 0 saturated heterocycles. The Morgan fingerprint density at radius 3 is 2.46 bits per heavy atom. The van der Waals surface area contributed by atoms with Gasteiger partial charge in [0.15, 0.2) is 0 Å².